The third kappa shape index (κ3) is 6.42. The van der Waals surface area contributed by atoms with Gasteiger partial charge in [-0.25, -0.2) is 0 Å². The Morgan fingerprint density at radius 1 is 1.18 bits per heavy atom. The monoisotopic (exact) mass is 448 g/mol. The van der Waals surface area contributed by atoms with E-state index < -0.39 is 0 Å². The first-order valence-corrected chi connectivity index (χ1v) is 11.6. The number of nitrogens with one attached hydrogen (secondary N) is 1. The Morgan fingerprint density at radius 3 is 2.73 bits per heavy atom. The fraction of sp³-hybridized carbons (Fsp3) is 0.423. The lowest BCUT2D eigenvalue weighted by Gasteiger charge is -2.30. The second-order valence-electron chi connectivity index (χ2n) is 8.96. The van der Waals surface area contributed by atoms with Crippen molar-refractivity contribution in [2.75, 3.05) is 13.1 Å². The summed E-state index contributed by atoms with van der Waals surface area (Å²) in [6.45, 7) is 8.83. The van der Waals surface area contributed by atoms with Gasteiger partial charge in [0.15, 0.2) is 0 Å². The van der Waals surface area contributed by atoms with E-state index >= 15 is 0 Å². The molecule has 0 aliphatic carbocycles. The summed E-state index contributed by atoms with van der Waals surface area (Å²) in [6.07, 6.45) is 1.77. The first kappa shape index (κ1) is 23.0. The first-order chi connectivity index (χ1) is 16.0. The van der Waals surface area contributed by atoms with Gasteiger partial charge in [-0.2, -0.15) is 4.98 Å². The number of amides is 1. The van der Waals surface area contributed by atoms with Gasteiger partial charge in [0.25, 0.3) is 0 Å². The van der Waals surface area contributed by atoms with Crippen LogP contribution >= 0.6 is 0 Å². The quantitative estimate of drug-likeness (QED) is 0.552. The Morgan fingerprint density at radius 2 is 1.97 bits per heavy atom. The second-order valence-corrected chi connectivity index (χ2v) is 8.96. The summed E-state index contributed by atoms with van der Waals surface area (Å²) in [4.78, 5) is 19.5. The molecule has 0 saturated carbocycles. The Labute approximate surface area is 195 Å². The maximum absolute atomic E-state index is 12.7. The Bertz CT molecular complexity index is 1070. The summed E-state index contributed by atoms with van der Waals surface area (Å²) in [5.74, 6) is 2.20. The SMILES string of the molecule is Cc1cccc(-c2noc(CN3CCC(C(=O)NCc4cccc(OC(C)C)c4)CC3)n2)c1. The summed E-state index contributed by atoms with van der Waals surface area (Å²) in [7, 11) is 0. The maximum Gasteiger partial charge on any atom is 0.241 e. The lowest BCUT2D eigenvalue weighted by Crippen LogP contribution is -2.40. The molecule has 7 nitrogen and oxygen atoms in total. The molecule has 1 N–H and O–H groups in total. The summed E-state index contributed by atoms with van der Waals surface area (Å²) < 4.78 is 11.2. The fourth-order valence-corrected chi connectivity index (χ4v) is 4.10. The van der Waals surface area contributed by atoms with Crippen LogP contribution in [0.5, 0.6) is 5.75 Å². The van der Waals surface area contributed by atoms with Gasteiger partial charge in [0.05, 0.1) is 12.6 Å². The minimum Gasteiger partial charge on any atom is -0.491 e. The van der Waals surface area contributed by atoms with Crippen LogP contribution in [0.1, 0.15) is 43.7 Å². The van der Waals surface area contributed by atoms with E-state index in [2.05, 4.69) is 20.4 Å². The van der Waals surface area contributed by atoms with Crippen LogP contribution in [-0.2, 0) is 17.9 Å². The van der Waals surface area contributed by atoms with Crippen LogP contribution in [0, 0.1) is 12.8 Å². The van der Waals surface area contributed by atoms with Crippen molar-refractivity contribution in [1.29, 1.82) is 0 Å². The molecular formula is C26H32N4O3. The zero-order chi connectivity index (χ0) is 23.2. The molecule has 7 heteroatoms. The predicted octanol–water partition coefficient (Wildman–Crippen LogP) is 4.36. The number of likely N-dealkylation sites (tertiary alicyclic amines) is 1. The molecule has 174 valence electrons. The van der Waals surface area contributed by atoms with Crippen LogP contribution < -0.4 is 10.1 Å². The minimum absolute atomic E-state index is 0.0295. The zero-order valence-corrected chi connectivity index (χ0v) is 19.6. The largest absolute Gasteiger partial charge is 0.491 e. The molecule has 4 rings (SSSR count). The van der Waals surface area contributed by atoms with Gasteiger partial charge in [0.1, 0.15) is 5.75 Å². The highest BCUT2D eigenvalue weighted by atomic mass is 16.5. The van der Waals surface area contributed by atoms with Crippen LogP contribution in [-0.4, -0.2) is 40.1 Å². The molecule has 1 fully saturated rings. The molecule has 0 radical (unpaired) electrons. The van der Waals surface area contributed by atoms with E-state index in [4.69, 9.17) is 9.26 Å². The van der Waals surface area contributed by atoms with E-state index in [0.717, 1.165) is 48.4 Å². The van der Waals surface area contributed by atoms with Crippen molar-refractivity contribution < 1.29 is 14.1 Å². The highest BCUT2D eigenvalue weighted by Crippen LogP contribution is 2.21. The average molecular weight is 449 g/mol. The van der Waals surface area contributed by atoms with Gasteiger partial charge in [-0.3, -0.25) is 9.69 Å². The van der Waals surface area contributed by atoms with E-state index in [1.54, 1.807) is 0 Å². The Hall–Kier alpha value is -3.19. The molecule has 0 spiro atoms. The first-order valence-electron chi connectivity index (χ1n) is 11.6. The van der Waals surface area contributed by atoms with Gasteiger partial charge in [0.2, 0.25) is 17.6 Å². The molecule has 3 aromatic rings. The Balaban J connectivity index is 1.23. The standard InChI is InChI=1S/C26H32N4O3/c1-18(2)32-23-9-5-7-20(15-23)16-27-26(31)21-10-12-30(13-11-21)17-24-28-25(29-33-24)22-8-4-6-19(3)14-22/h4-9,14-15,18,21H,10-13,16-17H2,1-3H3,(H,27,31). The van der Waals surface area contributed by atoms with Crippen molar-refractivity contribution in [3.8, 4) is 17.1 Å². The third-order valence-corrected chi connectivity index (χ3v) is 5.80. The molecule has 0 unspecified atom stereocenters. The van der Waals surface area contributed by atoms with E-state index in [0.29, 0.717) is 24.8 Å². The van der Waals surface area contributed by atoms with E-state index in [-0.39, 0.29) is 17.9 Å². The number of ether oxygens (including phenoxy) is 1. The summed E-state index contributed by atoms with van der Waals surface area (Å²) in [5.41, 5.74) is 3.16. The predicted molar refractivity (Wildman–Crippen MR) is 127 cm³/mol. The normalized spacial score (nSPS) is 15.0. The number of hydrogen-bond acceptors (Lipinski definition) is 6. The van der Waals surface area contributed by atoms with Crippen molar-refractivity contribution in [3.05, 3.63) is 65.5 Å². The van der Waals surface area contributed by atoms with Gasteiger partial charge in [-0.05, 0) is 70.5 Å². The highest BCUT2D eigenvalue weighted by molar-refractivity contribution is 5.78. The van der Waals surface area contributed by atoms with Crippen LogP contribution in [0.2, 0.25) is 0 Å². The summed E-state index contributed by atoms with van der Waals surface area (Å²) >= 11 is 0. The molecule has 33 heavy (non-hydrogen) atoms. The molecule has 1 saturated heterocycles. The van der Waals surface area contributed by atoms with Crippen molar-refractivity contribution in [2.45, 2.75) is 52.8 Å². The number of nitrogens with zero attached hydrogens (tertiary/aromatic N) is 3. The number of hydrogen-bond donors (Lipinski definition) is 1. The summed E-state index contributed by atoms with van der Waals surface area (Å²) in [6, 6.07) is 16.0. The number of piperidine rings is 1. The van der Waals surface area contributed by atoms with Gasteiger partial charge >= 0.3 is 0 Å². The van der Waals surface area contributed by atoms with Crippen LogP contribution in [0.25, 0.3) is 11.4 Å². The third-order valence-electron chi connectivity index (χ3n) is 5.80. The highest BCUT2D eigenvalue weighted by Gasteiger charge is 2.26. The number of carbonyl (C=O) groups is 1. The topological polar surface area (TPSA) is 80.5 Å². The lowest BCUT2D eigenvalue weighted by atomic mass is 9.96. The zero-order valence-electron chi connectivity index (χ0n) is 19.6. The number of rotatable bonds is 8. The molecule has 1 aromatic heterocycles. The van der Waals surface area contributed by atoms with E-state index in [1.165, 1.54) is 0 Å². The van der Waals surface area contributed by atoms with Crippen molar-refractivity contribution in [2.24, 2.45) is 5.92 Å². The maximum atomic E-state index is 12.7. The van der Waals surface area contributed by atoms with Crippen molar-refractivity contribution in [3.63, 3.8) is 0 Å². The van der Waals surface area contributed by atoms with Gasteiger partial charge < -0.3 is 14.6 Å². The molecule has 0 atom stereocenters. The number of aromatic nitrogens is 2. The Kier molecular flexibility index (Phi) is 7.40. The summed E-state index contributed by atoms with van der Waals surface area (Å²) in [5, 5.41) is 7.21. The molecule has 2 heterocycles. The second kappa shape index (κ2) is 10.6. The van der Waals surface area contributed by atoms with Crippen molar-refractivity contribution in [1.82, 2.24) is 20.4 Å². The molecule has 2 aromatic carbocycles. The number of carbonyl (C=O) groups excluding carboxylic acids is 1. The lowest BCUT2D eigenvalue weighted by molar-refractivity contribution is -0.126. The molecule has 1 amide bonds. The van der Waals surface area contributed by atoms with Crippen molar-refractivity contribution >= 4 is 5.91 Å². The van der Waals surface area contributed by atoms with Crippen LogP contribution in [0.15, 0.2) is 53.1 Å². The van der Waals surface area contributed by atoms with Crippen LogP contribution in [0.3, 0.4) is 0 Å². The van der Waals surface area contributed by atoms with Crippen LogP contribution in [0.4, 0.5) is 0 Å². The smallest absolute Gasteiger partial charge is 0.241 e. The number of aryl methyl sites for hydroxylation is 1. The molecule has 1 aliphatic rings. The van der Waals surface area contributed by atoms with E-state index in [9.17, 15) is 4.79 Å². The van der Waals surface area contributed by atoms with E-state index in [1.807, 2.05) is 69.3 Å². The van der Waals surface area contributed by atoms with Gasteiger partial charge in [-0.1, -0.05) is 41.1 Å². The average Bonchev–Trinajstić information content (AvgIpc) is 3.26. The molecule has 1 aliphatic heterocycles. The molecular weight excluding hydrogens is 416 g/mol. The van der Waals surface area contributed by atoms with Gasteiger partial charge in [-0.15, -0.1) is 0 Å². The number of benzene rings is 2. The molecule has 0 bridgehead atoms. The fourth-order valence-electron chi connectivity index (χ4n) is 4.10. The van der Waals surface area contributed by atoms with Gasteiger partial charge in [0, 0.05) is 18.0 Å². The minimum atomic E-state index is 0.0295.